The summed E-state index contributed by atoms with van der Waals surface area (Å²) in [5.41, 5.74) is 7.86. The molecule has 3 aromatic heterocycles. The van der Waals surface area contributed by atoms with E-state index in [9.17, 15) is 19.8 Å². The van der Waals surface area contributed by atoms with Gasteiger partial charge in [0.25, 0.3) is 0 Å². The lowest BCUT2D eigenvalue weighted by Crippen LogP contribution is -2.52. The molecule has 71 heavy (non-hydrogen) atoms. The number of anilines is 2. The number of likely N-dealkylation sites (tertiary alicyclic amines) is 3. The van der Waals surface area contributed by atoms with Crippen LogP contribution in [0.3, 0.4) is 0 Å². The highest BCUT2D eigenvalue weighted by Gasteiger charge is 2.45. The van der Waals surface area contributed by atoms with Crippen molar-refractivity contribution in [1.82, 2.24) is 39.8 Å². The van der Waals surface area contributed by atoms with Gasteiger partial charge in [-0.25, -0.2) is 4.79 Å². The molecule has 4 N–H and O–H groups in total. The lowest BCUT2D eigenvalue weighted by molar-refractivity contribution is -0.163. The number of phenolic OH excluding ortho intramolecular Hbond substituents is 1. The fraction of sp³-hybridized carbons (Fsp3) is 0.630. The third-order valence-corrected chi connectivity index (χ3v) is 15.6. The van der Waals surface area contributed by atoms with Crippen LogP contribution in [0.15, 0.2) is 53.3 Å². The number of phenols is 1. The van der Waals surface area contributed by atoms with Crippen LogP contribution in [-0.4, -0.2) is 150 Å². The van der Waals surface area contributed by atoms with E-state index in [1.165, 1.54) is 4.90 Å². The van der Waals surface area contributed by atoms with Crippen molar-refractivity contribution in [3.8, 4) is 28.8 Å². The smallest absolute Gasteiger partial charge is 0.329 e. The number of aliphatic hydroxyl groups excluding tert-OH is 1. The number of ether oxygens (including phenoxy) is 2. The van der Waals surface area contributed by atoms with Gasteiger partial charge in [-0.05, 0) is 128 Å². The second-order valence-corrected chi connectivity index (χ2v) is 22.2. The van der Waals surface area contributed by atoms with Crippen LogP contribution in [0.1, 0.15) is 128 Å². The Labute approximate surface area is 418 Å². The number of esters is 1. The minimum atomic E-state index is -0.835. The molecule has 1 unspecified atom stereocenters. The number of carbonyl (C=O) groups is 2. The molecule has 382 valence electrons. The summed E-state index contributed by atoms with van der Waals surface area (Å²) < 4.78 is 20.2. The lowest BCUT2D eigenvalue weighted by Gasteiger charge is -2.47. The molecule has 17 heteroatoms. The summed E-state index contributed by atoms with van der Waals surface area (Å²) >= 11 is 0. The van der Waals surface area contributed by atoms with E-state index in [0.29, 0.717) is 52.7 Å². The molecular weight excluding hydrogens is 901 g/mol. The van der Waals surface area contributed by atoms with Crippen molar-refractivity contribution in [2.24, 2.45) is 17.8 Å². The second kappa shape index (κ2) is 21.7. The van der Waals surface area contributed by atoms with Gasteiger partial charge >= 0.3 is 5.97 Å². The summed E-state index contributed by atoms with van der Waals surface area (Å²) in [6.07, 6.45) is 12.8. The maximum atomic E-state index is 14.0. The van der Waals surface area contributed by atoms with Gasteiger partial charge in [-0.2, -0.15) is 5.10 Å². The van der Waals surface area contributed by atoms with Crippen molar-refractivity contribution in [2.75, 3.05) is 63.0 Å². The van der Waals surface area contributed by atoms with Crippen LogP contribution in [0.25, 0.3) is 11.3 Å². The molecule has 4 aromatic rings. The fourth-order valence-corrected chi connectivity index (χ4v) is 11.4. The van der Waals surface area contributed by atoms with Gasteiger partial charge in [0.05, 0.1) is 47.4 Å². The Morgan fingerprint density at radius 1 is 0.915 bits per heavy atom. The fourth-order valence-electron chi connectivity index (χ4n) is 11.4. The highest BCUT2D eigenvalue weighted by molar-refractivity contribution is 5.89. The number of nitrogens with two attached hydrogens (primary N) is 1. The molecule has 0 bridgehead atoms. The van der Waals surface area contributed by atoms with E-state index in [2.05, 4.69) is 58.6 Å². The minimum Gasteiger partial charge on any atom is -0.507 e. The third-order valence-electron chi connectivity index (χ3n) is 15.6. The van der Waals surface area contributed by atoms with Gasteiger partial charge in [-0.15, -0.1) is 10.2 Å². The highest BCUT2D eigenvalue weighted by atomic mass is 16.6. The molecule has 5 fully saturated rings. The number of amides is 1. The Bertz CT molecular complexity index is 2520. The van der Waals surface area contributed by atoms with Crippen LogP contribution >= 0.6 is 0 Å². The second-order valence-electron chi connectivity index (χ2n) is 22.2. The first-order valence-corrected chi connectivity index (χ1v) is 26.1. The van der Waals surface area contributed by atoms with Crippen molar-refractivity contribution >= 4 is 23.5 Å². The zero-order chi connectivity index (χ0) is 50.0. The molecule has 4 aliphatic heterocycles. The molecule has 4 atom stereocenters. The van der Waals surface area contributed by atoms with E-state index in [4.69, 9.17) is 19.7 Å². The number of para-hydroxylation sites is 1. The van der Waals surface area contributed by atoms with E-state index in [1.54, 1.807) is 51.2 Å². The van der Waals surface area contributed by atoms with Crippen LogP contribution in [0.4, 0.5) is 11.6 Å². The zero-order valence-corrected chi connectivity index (χ0v) is 42.5. The Hall–Kier alpha value is -5.54. The Balaban J connectivity index is 0.663. The summed E-state index contributed by atoms with van der Waals surface area (Å²) in [4.78, 5) is 36.1. The van der Waals surface area contributed by atoms with E-state index in [1.807, 2.05) is 32.2 Å². The average molecular weight is 975 g/mol. The number of benzene rings is 1. The molecular formula is C54H74N10O7. The van der Waals surface area contributed by atoms with Gasteiger partial charge in [0, 0.05) is 69.6 Å². The molecule has 5 aliphatic rings. The van der Waals surface area contributed by atoms with E-state index in [0.717, 1.165) is 109 Å². The normalized spacial score (nSPS) is 24.1. The van der Waals surface area contributed by atoms with Crippen LogP contribution in [0.2, 0.25) is 0 Å². The predicted octanol–water partition coefficient (Wildman–Crippen LogP) is 6.26. The molecule has 1 amide bonds. The Morgan fingerprint density at radius 3 is 2.35 bits per heavy atom. The molecule has 1 saturated carbocycles. The number of piperidine rings is 3. The van der Waals surface area contributed by atoms with Crippen molar-refractivity contribution in [1.29, 1.82) is 0 Å². The monoisotopic (exact) mass is 975 g/mol. The third kappa shape index (κ3) is 12.1. The molecule has 0 radical (unpaired) electrons. The summed E-state index contributed by atoms with van der Waals surface area (Å²) in [5.74, 6) is 7.61. The number of carbonyl (C=O) groups excluding carboxylic acids is 2. The van der Waals surface area contributed by atoms with Crippen molar-refractivity contribution in [3.63, 3.8) is 0 Å². The first-order valence-electron chi connectivity index (χ1n) is 26.1. The Kier molecular flexibility index (Phi) is 15.4. The molecule has 1 aromatic carbocycles. The van der Waals surface area contributed by atoms with Gasteiger partial charge in [-0.3, -0.25) is 9.48 Å². The topological polar surface area (TPSA) is 202 Å². The molecule has 0 spiro atoms. The summed E-state index contributed by atoms with van der Waals surface area (Å²) in [5, 5.41) is 38.1. The quantitative estimate of drug-likeness (QED) is 0.100. The first kappa shape index (κ1) is 50.4. The van der Waals surface area contributed by atoms with Crippen LogP contribution in [0.5, 0.6) is 5.75 Å². The largest absolute Gasteiger partial charge is 0.507 e. The van der Waals surface area contributed by atoms with Gasteiger partial charge in [0.2, 0.25) is 5.91 Å². The standard InChI is InChI=1S/C54H74N10O7/c1-34(2)50(52(67)63-33-41(65)28-46(63)53(68)70-54(4,5)6)48-29-49(59-71-48)62-21-13-36(14-22-62)31-60-19-17-42(18-20-60)69-43-26-40(27-43)61-23-15-38(16-24-61)35(3)64-32-37(30-56-64)11-12-39-25-45(57-58-51(39)55)44-9-7-8-10-47(44)66/h7-10,25,29-30,32,34-36,38,40-43,46,50,65-66H,13-24,26-28,31,33H2,1-6H3,(H2,55,58)/t35?,40?,41-,43?,46+,50-/m1/s1. The van der Waals surface area contributed by atoms with E-state index in [-0.39, 0.29) is 42.4 Å². The molecule has 9 rings (SSSR count). The number of aromatic hydroxyl groups is 1. The van der Waals surface area contributed by atoms with Crippen LogP contribution in [-0.2, 0) is 19.1 Å². The minimum absolute atomic E-state index is 0.0841. The van der Waals surface area contributed by atoms with E-state index < -0.39 is 29.6 Å². The lowest BCUT2D eigenvalue weighted by atomic mass is 9.83. The Morgan fingerprint density at radius 2 is 1.65 bits per heavy atom. The number of hydrogen-bond acceptors (Lipinski definition) is 15. The number of aromatic nitrogens is 5. The number of nitrogens with zero attached hydrogens (tertiary/aromatic N) is 9. The average Bonchev–Trinajstić information content (AvgIpc) is 4.11. The first-order chi connectivity index (χ1) is 34.0. The molecule has 7 heterocycles. The SMILES string of the molecule is CC(C)[C@@H](C(=O)N1C[C@H](O)C[C@H]1C(=O)OC(C)(C)C)c1cc(N2CCC(CN3CCC(OC4CC(N5CCC(C(C)n6cc(C#Cc7cc(-c8ccccc8O)nnc7N)cn6)CC5)C4)CC3)CC2)no1. The van der Waals surface area contributed by atoms with Crippen molar-refractivity contribution < 1.29 is 33.8 Å². The summed E-state index contributed by atoms with van der Waals surface area (Å²) in [7, 11) is 0. The number of nitrogen functional groups attached to an aromatic ring is 1. The molecule has 1 aliphatic carbocycles. The summed E-state index contributed by atoms with van der Waals surface area (Å²) in [6, 6.07) is 10.7. The van der Waals surface area contributed by atoms with Gasteiger partial charge in [-0.1, -0.05) is 43.0 Å². The van der Waals surface area contributed by atoms with Gasteiger partial charge in [0.15, 0.2) is 17.4 Å². The highest BCUT2D eigenvalue weighted by Crippen LogP contribution is 2.38. The maximum Gasteiger partial charge on any atom is 0.329 e. The number of aliphatic hydroxyl groups is 1. The number of rotatable bonds is 13. The zero-order valence-electron chi connectivity index (χ0n) is 42.5. The maximum absolute atomic E-state index is 14.0. The van der Waals surface area contributed by atoms with Crippen molar-refractivity contribution in [2.45, 2.75) is 147 Å². The van der Waals surface area contributed by atoms with Gasteiger partial charge in [0.1, 0.15) is 23.3 Å². The van der Waals surface area contributed by atoms with E-state index >= 15 is 0 Å². The number of β-amino-alcohol motifs (C(OH)–C–C–N with tert-alkyl or cyclic N) is 1. The van der Waals surface area contributed by atoms with Gasteiger partial charge < -0.3 is 49.5 Å². The number of hydrogen-bond donors (Lipinski definition) is 3. The van der Waals surface area contributed by atoms with Crippen molar-refractivity contribution in [3.05, 3.63) is 65.7 Å². The molecule has 17 nitrogen and oxygen atoms in total. The van der Waals surface area contributed by atoms with Crippen LogP contribution in [0, 0.1) is 29.6 Å². The van der Waals surface area contributed by atoms with Crippen LogP contribution < -0.4 is 10.6 Å². The summed E-state index contributed by atoms with van der Waals surface area (Å²) in [6.45, 7) is 18.9. The molecule has 4 saturated heterocycles. The predicted molar refractivity (Wildman–Crippen MR) is 269 cm³/mol.